The Morgan fingerprint density at radius 3 is 2.95 bits per heavy atom. The Balaban J connectivity index is 1.87. The van der Waals surface area contributed by atoms with Crippen LogP contribution in [-0.2, 0) is 6.54 Å². The molecule has 1 aliphatic rings. The van der Waals surface area contributed by atoms with Crippen LogP contribution in [0.2, 0.25) is 0 Å². The summed E-state index contributed by atoms with van der Waals surface area (Å²) in [7, 11) is 0. The average Bonchev–Trinajstić information content (AvgIpc) is 2.70. The van der Waals surface area contributed by atoms with Gasteiger partial charge in [-0.1, -0.05) is 18.2 Å². The van der Waals surface area contributed by atoms with Crippen molar-refractivity contribution in [1.29, 1.82) is 0 Å². The fraction of sp³-hybridized carbons (Fsp3) is 0.400. The Morgan fingerprint density at radius 1 is 1.42 bits per heavy atom. The lowest BCUT2D eigenvalue weighted by molar-refractivity contribution is 0.0679. The number of rotatable bonds is 2. The third-order valence-electron chi connectivity index (χ3n) is 3.76. The van der Waals surface area contributed by atoms with E-state index in [0.717, 1.165) is 36.0 Å². The highest BCUT2D eigenvalue weighted by atomic mass is 16.3. The number of β-amino-alcohol motifs (C(OH)–C–C–N with tert-alkyl or cyclic N) is 1. The molecule has 19 heavy (non-hydrogen) atoms. The molecule has 0 aliphatic carbocycles. The van der Waals surface area contributed by atoms with E-state index in [0.29, 0.717) is 12.4 Å². The Hall–Kier alpha value is -1.65. The first kappa shape index (κ1) is 12.4. The first-order valence-electron chi connectivity index (χ1n) is 6.62. The largest absolute Gasteiger partial charge is 0.389 e. The minimum absolute atomic E-state index is 0.570. The van der Waals surface area contributed by atoms with Gasteiger partial charge in [-0.25, -0.2) is 4.98 Å². The summed E-state index contributed by atoms with van der Waals surface area (Å²) in [6, 6.07) is 10.1. The number of pyridine rings is 1. The van der Waals surface area contributed by atoms with E-state index in [2.05, 4.69) is 16.0 Å². The van der Waals surface area contributed by atoms with Gasteiger partial charge in [-0.05, 0) is 25.5 Å². The summed E-state index contributed by atoms with van der Waals surface area (Å²) in [5.41, 5.74) is 7.43. The zero-order valence-corrected chi connectivity index (χ0v) is 11.1. The van der Waals surface area contributed by atoms with Gasteiger partial charge in [-0.2, -0.15) is 0 Å². The number of likely N-dealkylation sites (tertiary alicyclic amines) is 1. The number of aliphatic hydroxyl groups is 1. The van der Waals surface area contributed by atoms with Crippen LogP contribution in [0, 0.1) is 0 Å². The van der Waals surface area contributed by atoms with Crippen LogP contribution in [0.1, 0.15) is 18.9 Å². The first-order valence-corrected chi connectivity index (χ1v) is 6.62. The number of anilines is 1. The molecular formula is C15H19N3O. The lowest BCUT2D eigenvalue weighted by Gasteiger charge is -2.19. The van der Waals surface area contributed by atoms with Crippen molar-refractivity contribution in [2.24, 2.45) is 0 Å². The number of fused-ring (bicyclic) bond motifs is 1. The molecule has 2 aromatic rings. The van der Waals surface area contributed by atoms with Gasteiger partial charge in [0.25, 0.3) is 0 Å². The van der Waals surface area contributed by atoms with Crippen LogP contribution in [0.3, 0.4) is 0 Å². The topological polar surface area (TPSA) is 62.4 Å². The molecule has 2 heterocycles. The highest BCUT2D eigenvalue weighted by Gasteiger charge is 2.31. The molecule has 1 aromatic heterocycles. The molecule has 4 heteroatoms. The van der Waals surface area contributed by atoms with E-state index in [-0.39, 0.29) is 0 Å². The van der Waals surface area contributed by atoms with Crippen molar-refractivity contribution in [3.63, 3.8) is 0 Å². The van der Waals surface area contributed by atoms with Crippen LogP contribution in [-0.4, -0.2) is 33.7 Å². The van der Waals surface area contributed by atoms with Gasteiger partial charge < -0.3 is 10.8 Å². The van der Waals surface area contributed by atoms with Gasteiger partial charge in [0.05, 0.1) is 11.1 Å². The number of para-hydroxylation sites is 1. The Bertz CT molecular complexity index is 609. The minimum atomic E-state index is -0.570. The second-order valence-electron chi connectivity index (χ2n) is 5.68. The van der Waals surface area contributed by atoms with Gasteiger partial charge in [0.2, 0.25) is 0 Å². The third-order valence-corrected chi connectivity index (χ3v) is 3.76. The van der Waals surface area contributed by atoms with Crippen molar-refractivity contribution in [3.8, 4) is 0 Å². The highest BCUT2D eigenvalue weighted by molar-refractivity contribution is 5.81. The standard InChI is InChI=1S/C15H19N3O/c1-15(19)6-7-18(10-15)9-12-8-11-4-2-3-5-13(11)17-14(12)16/h2-5,8,19H,6-7,9-10H2,1H3,(H2,16,17). The van der Waals surface area contributed by atoms with Gasteiger partial charge in [0, 0.05) is 30.6 Å². The van der Waals surface area contributed by atoms with E-state index in [4.69, 9.17) is 5.73 Å². The molecule has 0 bridgehead atoms. The second kappa shape index (κ2) is 4.47. The molecule has 1 unspecified atom stereocenters. The molecule has 0 amide bonds. The van der Waals surface area contributed by atoms with Gasteiger partial charge in [0.1, 0.15) is 5.82 Å². The smallest absolute Gasteiger partial charge is 0.128 e. The molecule has 3 rings (SSSR count). The molecule has 1 saturated heterocycles. The predicted molar refractivity (Wildman–Crippen MR) is 76.7 cm³/mol. The first-order chi connectivity index (χ1) is 9.03. The lowest BCUT2D eigenvalue weighted by atomic mass is 10.1. The quantitative estimate of drug-likeness (QED) is 0.860. The molecule has 100 valence electrons. The number of benzene rings is 1. The van der Waals surface area contributed by atoms with E-state index in [1.165, 1.54) is 0 Å². The van der Waals surface area contributed by atoms with Crippen molar-refractivity contribution >= 4 is 16.7 Å². The van der Waals surface area contributed by atoms with Gasteiger partial charge in [-0.3, -0.25) is 4.90 Å². The Labute approximate surface area is 112 Å². The van der Waals surface area contributed by atoms with Crippen molar-refractivity contribution in [1.82, 2.24) is 9.88 Å². The molecule has 1 aliphatic heterocycles. The van der Waals surface area contributed by atoms with Gasteiger partial charge >= 0.3 is 0 Å². The monoisotopic (exact) mass is 257 g/mol. The van der Waals surface area contributed by atoms with Crippen LogP contribution in [0.4, 0.5) is 5.82 Å². The molecule has 4 nitrogen and oxygen atoms in total. The maximum atomic E-state index is 10.00. The summed E-state index contributed by atoms with van der Waals surface area (Å²) < 4.78 is 0. The Morgan fingerprint density at radius 2 is 2.21 bits per heavy atom. The summed E-state index contributed by atoms with van der Waals surface area (Å²) in [5.74, 6) is 0.588. The summed E-state index contributed by atoms with van der Waals surface area (Å²) in [6.45, 7) is 4.23. The molecular weight excluding hydrogens is 238 g/mol. The number of nitrogens with zero attached hydrogens (tertiary/aromatic N) is 2. The summed E-state index contributed by atoms with van der Waals surface area (Å²) in [5, 5.41) is 11.1. The SMILES string of the molecule is CC1(O)CCN(Cc2cc3ccccc3nc2N)C1. The van der Waals surface area contributed by atoms with E-state index in [1.54, 1.807) is 0 Å². The maximum Gasteiger partial charge on any atom is 0.128 e. The highest BCUT2D eigenvalue weighted by Crippen LogP contribution is 2.25. The number of hydrogen-bond donors (Lipinski definition) is 2. The van der Waals surface area contributed by atoms with E-state index >= 15 is 0 Å². The van der Waals surface area contributed by atoms with Crippen LogP contribution >= 0.6 is 0 Å². The van der Waals surface area contributed by atoms with Crippen molar-refractivity contribution in [2.75, 3.05) is 18.8 Å². The van der Waals surface area contributed by atoms with Crippen LogP contribution in [0.25, 0.3) is 10.9 Å². The molecule has 1 fully saturated rings. The number of hydrogen-bond acceptors (Lipinski definition) is 4. The number of aromatic nitrogens is 1. The number of nitrogen functional groups attached to an aromatic ring is 1. The zero-order valence-electron chi connectivity index (χ0n) is 11.1. The lowest BCUT2D eigenvalue weighted by Crippen LogP contribution is -2.29. The van der Waals surface area contributed by atoms with Gasteiger partial charge in [0.15, 0.2) is 0 Å². The summed E-state index contributed by atoms with van der Waals surface area (Å²) >= 11 is 0. The van der Waals surface area contributed by atoms with E-state index in [9.17, 15) is 5.11 Å². The zero-order chi connectivity index (χ0) is 13.5. The minimum Gasteiger partial charge on any atom is -0.389 e. The molecule has 1 aromatic carbocycles. The third kappa shape index (κ3) is 2.55. The fourth-order valence-electron chi connectivity index (χ4n) is 2.72. The molecule has 0 radical (unpaired) electrons. The van der Waals surface area contributed by atoms with Crippen molar-refractivity contribution in [2.45, 2.75) is 25.5 Å². The summed E-state index contributed by atoms with van der Waals surface area (Å²) in [6.07, 6.45) is 0.813. The molecule has 0 spiro atoms. The molecule has 0 saturated carbocycles. The van der Waals surface area contributed by atoms with E-state index in [1.807, 2.05) is 31.2 Å². The molecule has 3 N–H and O–H groups in total. The van der Waals surface area contributed by atoms with Crippen molar-refractivity contribution < 1.29 is 5.11 Å². The van der Waals surface area contributed by atoms with E-state index < -0.39 is 5.60 Å². The van der Waals surface area contributed by atoms with Crippen LogP contribution in [0.15, 0.2) is 30.3 Å². The number of nitrogens with two attached hydrogens (primary N) is 1. The normalized spacial score (nSPS) is 24.1. The maximum absolute atomic E-state index is 10.00. The van der Waals surface area contributed by atoms with Gasteiger partial charge in [-0.15, -0.1) is 0 Å². The second-order valence-corrected chi connectivity index (χ2v) is 5.68. The van der Waals surface area contributed by atoms with Crippen LogP contribution < -0.4 is 5.73 Å². The van der Waals surface area contributed by atoms with Crippen LogP contribution in [0.5, 0.6) is 0 Å². The van der Waals surface area contributed by atoms with Crippen molar-refractivity contribution in [3.05, 3.63) is 35.9 Å². The predicted octanol–water partition coefficient (Wildman–Crippen LogP) is 1.77. The molecule has 1 atom stereocenters. The summed E-state index contributed by atoms with van der Waals surface area (Å²) in [4.78, 5) is 6.67. The fourth-order valence-corrected chi connectivity index (χ4v) is 2.72. The Kier molecular flexibility index (Phi) is 2.92. The average molecular weight is 257 g/mol.